The summed E-state index contributed by atoms with van der Waals surface area (Å²) in [6, 6.07) is 9.04. The van der Waals surface area contributed by atoms with Gasteiger partial charge in [0.15, 0.2) is 0 Å². The van der Waals surface area contributed by atoms with Gasteiger partial charge in [-0.1, -0.05) is 46.2 Å². The van der Waals surface area contributed by atoms with E-state index in [0.717, 1.165) is 0 Å². The van der Waals surface area contributed by atoms with Gasteiger partial charge < -0.3 is 0 Å². The van der Waals surface area contributed by atoms with E-state index >= 15 is 0 Å². The predicted octanol–water partition coefficient (Wildman–Crippen LogP) is 5.75. The molecule has 0 radical (unpaired) electrons. The average molecular weight is 234 g/mol. The number of fused-ring (bicyclic) bond motifs is 1. The van der Waals surface area contributed by atoms with Crippen LogP contribution in [0, 0.1) is 6.92 Å². The molecule has 0 aliphatic rings. The Hall–Kier alpha value is -0.820. The van der Waals surface area contributed by atoms with Crippen LogP contribution in [-0.2, 0) is 0 Å². The van der Waals surface area contributed by atoms with E-state index in [4.69, 9.17) is 0 Å². The molecule has 1 heterocycles. The zero-order valence-electron chi connectivity index (χ0n) is 11.0. The minimum absolute atomic E-state index is 0.631. The maximum atomic E-state index is 2.32. The van der Waals surface area contributed by atoms with Crippen LogP contribution in [0.4, 0.5) is 0 Å². The molecule has 16 heavy (non-hydrogen) atoms. The van der Waals surface area contributed by atoms with Crippen molar-refractivity contribution in [1.82, 2.24) is 0 Å². The van der Waals surface area contributed by atoms with Crippen LogP contribution in [-0.4, -0.2) is 0 Å². The lowest BCUT2D eigenvalue weighted by Crippen LogP contribution is -1.84. The third-order valence-corrected chi connectivity index (χ3v) is 3.35. The molecule has 0 saturated heterocycles. The summed E-state index contributed by atoms with van der Waals surface area (Å²) >= 11 is 1.88. The Labute approximate surface area is 103 Å². The summed E-state index contributed by atoms with van der Waals surface area (Å²) in [6.07, 6.45) is 1.25. The summed E-state index contributed by atoms with van der Waals surface area (Å²) in [6.45, 7) is 10.9. The fourth-order valence-corrected chi connectivity index (χ4v) is 2.51. The SMILES string of the molecule is CCC.Cc1cc2ccc(C(C)C)cc2s1. The summed E-state index contributed by atoms with van der Waals surface area (Å²) in [7, 11) is 0. The van der Waals surface area contributed by atoms with Crippen molar-refractivity contribution in [2.75, 3.05) is 0 Å². The summed E-state index contributed by atoms with van der Waals surface area (Å²) in [5.74, 6) is 0.631. The van der Waals surface area contributed by atoms with E-state index < -0.39 is 0 Å². The molecule has 1 aromatic carbocycles. The zero-order valence-corrected chi connectivity index (χ0v) is 11.8. The van der Waals surface area contributed by atoms with Gasteiger partial charge >= 0.3 is 0 Å². The lowest BCUT2D eigenvalue weighted by atomic mass is 10.0. The standard InChI is InChI=1S/C12H14S.C3H8/c1-8(2)10-4-5-11-6-9(3)13-12(11)7-10;1-3-2/h4-8H,1-3H3;3H2,1-2H3. The first-order valence-corrected chi connectivity index (χ1v) is 6.90. The molecular weight excluding hydrogens is 212 g/mol. The molecule has 0 spiro atoms. The maximum Gasteiger partial charge on any atom is 0.0348 e. The lowest BCUT2D eigenvalue weighted by molar-refractivity contribution is 0.869. The molecule has 1 heteroatoms. The van der Waals surface area contributed by atoms with E-state index in [1.54, 1.807) is 0 Å². The molecule has 0 saturated carbocycles. The van der Waals surface area contributed by atoms with E-state index in [-0.39, 0.29) is 0 Å². The molecule has 0 aliphatic carbocycles. The molecular formula is C15H22S. The number of benzene rings is 1. The third kappa shape index (κ3) is 3.34. The summed E-state index contributed by atoms with van der Waals surface area (Å²) in [5.41, 5.74) is 1.44. The van der Waals surface area contributed by atoms with Crippen LogP contribution in [0.5, 0.6) is 0 Å². The average Bonchev–Trinajstić information content (AvgIpc) is 2.57. The quantitative estimate of drug-likeness (QED) is 0.589. The highest BCUT2D eigenvalue weighted by Crippen LogP contribution is 2.28. The molecule has 0 fully saturated rings. The van der Waals surface area contributed by atoms with Crippen molar-refractivity contribution in [3.8, 4) is 0 Å². The topological polar surface area (TPSA) is 0 Å². The van der Waals surface area contributed by atoms with Gasteiger partial charge in [0.2, 0.25) is 0 Å². The van der Waals surface area contributed by atoms with Gasteiger partial charge in [-0.05, 0) is 35.9 Å². The highest BCUT2D eigenvalue weighted by Gasteiger charge is 2.02. The Morgan fingerprint density at radius 1 is 1.12 bits per heavy atom. The maximum absolute atomic E-state index is 2.32. The first-order chi connectivity index (χ1) is 7.58. The molecule has 0 aliphatic heterocycles. The largest absolute Gasteiger partial charge is 0.141 e. The van der Waals surface area contributed by atoms with Gasteiger partial charge in [-0.2, -0.15) is 0 Å². The molecule has 2 aromatic rings. The van der Waals surface area contributed by atoms with Crippen molar-refractivity contribution in [2.45, 2.75) is 47.0 Å². The Balaban J connectivity index is 0.000000386. The smallest absolute Gasteiger partial charge is 0.0348 e. The normalized spacial score (nSPS) is 10.4. The van der Waals surface area contributed by atoms with Gasteiger partial charge in [-0.15, -0.1) is 11.3 Å². The Morgan fingerprint density at radius 3 is 2.31 bits per heavy atom. The Kier molecular flexibility index (Phi) is 5.01. The number of hydrogen-bond donors (Lipinski definition) is 0. The predicted molar refractivity (Wildman–Crippen MR) is 76.6 cm³/mol. The molecule has 0 amide bonds. The minimum Gasteiger partial charge on any atom is -0.141 e. The van der Waals surface area contributed by atoms with Crippen molar-refractivity contribution in [2.24, 2.45) is 0 Å². The van der Waals surface area contributed by atoms with E-state index in [9.17, 15) is 0 Å². The number of aryl methyl sites for hydroxylation is 1. The van der Waals surface area contributed by atoms with Crippen LogP contribution in [0.25, 0.3) is 10.1 Å². The number of rotatable bonds is 1. The fraction of sp³-hybridized carbons (Fsp3) is 0.467. The Morgan fingerprint density at radius 2 is 1.75 bits per heavy atom. The Bertz CT molecular complexity index is 438. The van der Waals surface area contributed by atoms with E-state index in [0.29, 0.717) is 5.92 Å². The van der Waals surface area contributed by atoms with Crippen molar-refractivity contribution >= 4 is 21.4 Å². The fourth-order valence-electron chi connectivity index (χ4n) is 1.54. The summed E-state index contributed by atoms with van der Waals surface area (Å²) in [5, 5.41) is 1.38. The van der Waals surface area contributed by atoms with Gasteiger partial charge in [0.1, 0.15) is 0 Å². The second kappa shape index (κ2) is 6.05. The summed E-state index contributed by atoms with van der Waals surface area (Å²) in [4.78, 5) is 1.40. The van der Waals surface area contributed by atoms with Crippen LogP contribution in [0.15, 0.2) is 24.3 Å². The number of thiophene rings is 1. The van der Waals surface area contributed by atoms with Crippen LogP contribution in [0.1, 0.15) is 50.5 Å². The first kappa shape index (κ1) is 13.2. The van der Waals surface area contributed by atoms with Crippen molar-refractivity contribution in [3.63, 3.8) is 0 Å². The molecule has 0 N–H and O–H groups in total. The van der Waals surface area contributed by atoms with Crippen LogP contribution in [0.3, 0.4) is 0 Å². The monoisotopic (exact) mass is 234 g/mol. The molecule has 0 unspecified atom stereocenters. The molecule has 0 atom stereocenters. The van der Waals surface area contributed by atoms with Gasteiger partial charge in [-0.3, -0.25) is 0 Å². The summed E-state index contributed by atoms with van der Waals surface area (Å²) < 4.78 is 1.42. The highest BCUT2D eigenvalue weighted by atomic mass is 32.1. The minimum atomic E-state index is 0.631. The van der Waals surface area contributed by atoms with Crippen molar-refractivity contribution in [1.29, 1.82) is 0 Å². The van der Waals surface area contributed by atoms with E-state index in [2.05, 4.69) is 58.9 Å². The van der Waals surface area contributed by atoms with Crippen LogP contribution in [0.2, 0.25) is 0 Å². The molecule has 2 rings (SSSR count). The van der Waals surface area contributed by atoms with Crippen molar-refractivity contribution in [3.05, 3.63) is 34.7 Å². The first-order valence-electron chi connectivity index (χ1n) is 6.08. The van der Waals surface area contributed by atoms with Gasteiger partial charge in [0.05, 0.1) is 0 Å². The van der Waals surface area contributed by atoms with Gasteiger partial charge in [0.25, 0.3) is 0 Å². The van der Waals surface area contributed by atoms with E-state index in [1.807, 2.05) is 11.3 Å². The molecule has 0 bridgehead atoms. The van der Waals surface area contributed by atoms with E-state index in [1.165, 1.54) is 26.9 Å². The molecule has 1 aromatic heterocycles. The third-order valence-electron chi connectivity index (χ3n) is 2.33. The van der Waals surface area contributed by atoms with Crippen molar-refractivity contribution < 1.29 is 0 Å². The molecule has 0 nitrogen and oxygen atoms in total. The zero-order chi connectivity index (χ0) is 12.1. The molecule has 88 valence electrons. The van der Waals surface area contributed by atoms with Gasteiger partial charge in [-0.25, -0.2) is 0 Å². The highest BCUT2D eigenvalue weighted by molar-refractivity contribution is 7.19. The second-order valence-corrected chi connectivity index (χ2v) is 5.80. The second-order valence-electron chi connectivity index (χ2n) is 4.52. The van der Waals surface area contributed by atoms with Crippen LogP contribution >= 0.6 is 11.3 Å². The number of hydrogen-bond acceptors (Lipinski definition) is 1. The van der Waals surface area contributed by atoms with Crippen LogP contribution < -0.4 is 0 Å². The lowest BCUT2D eigenvalue weighted by Gasteiger charge is -2.03. The van der Waals surface area contributed by atoms with Gasteiger partial charge in [0, 0.05) is 9.58 Å².